The molecular weight excluding hydrogens is 342 g/mol. The van der Waals surface area contributed by atoms with Gasteiger partial charge in [0.15, 0.2) is 11.6 Å². The third kappa shape index (κ3) is 4.92. The van der Waals surface area contributed by atoms with Crippen molar-refractivity contribution in [3.8, 4) is 5.75 Å². The van der Waals surface area contributed by atoms with Gasteiger partial charge in [-0.15, -0.1) is 6.58 Å². The van der Waals surface area contributed by atoms with Crippen molar-refractivity contribution < 1.29 is 13.5 Å². The largest absolute Gasteiger partial charge is 0.490 e. The Morgan fingerprint density at radius 2 is 1.59 bits per heavy atom. The summed E-state index contributed by atoms with van der Waals surface area (Å²) in [7, 11) is 0. The second-order valence-corrected chi connectivity index (χ2v) is 8.55. The summed E-state index contributed by atoms with van der Waals surface area (Å²) in [5.41, 5.74) is 0.546. The van der Waals surface area contributed by atoms with Crippen LogP contribution in [0.1, 0.15) is 82.6 Å². The van der Waals surface area contributed by atoms with E-state index >= 15 is 0 Å². The Hall–Kier alpha value is -1.38. The Bertz CT molecular complexity index is 611. The fourth-order valence-corrected chi connectivity index (χ4v) is 5.22. The summed E-state index contributed by atoms with van der Waals surface area (Å²) in [6, 6.07) is 3.35. The van der Waals surface area contributed by atoms with E-state index in [4.69, 9.17) is 4.74 Å². The van der Waals surface area contributed by atoms with Crippen LogP contribution in [-0.4, -0.2) is 6.61 Å². The van der Waals surface area contributed by atoms with Crippen molar-refractivity contribution in [2.45, 2.75) is 77.0 Å². The molecule has 0 heterocycles. The maximum atomic E-state index is 14.6. The Morgan fingerprint density at radius 3 is 2.19 bits per heavy atom. The van der Waals surface area contributed by atoms with Crippen molar-refractivity contribution in [2.24, 2.45) is 17.8 Å². The second kappa shape index (κ2) is 9.71. The normalized spacial score (nSPS) is 28.7. The minimum Gasteiger partial charge on any atom is -0.490 e. The molecule has 0 unspecified atom stereocenters. The molecule has 2 fully saturated rings. The fraction of sp³-hybridized carbons (Fsp3) is 0.667. The Kier molecular flexibility index (Phi) is 7.32. The SMILES string of the molecule is C=CCC1CCC(C2CCC(c3ccc(OCCC)c(F)c3F)CC2)CC1. The number of hydrogen-bond donors (Lipinski definition) is 0. The van der Waals surface area contributed by atoms with E-state index < -0.39 is 11.6 Å². The quantitative estimate of drug-likeness (QED) is 0.450. The van der Waals surface area contributed by atoms with Crippen LogP contribution in [0.5, 0.6) is 5.75 Å². The molecule has 0 atom stereocenters. The first kappa shape index (κ1) is 20.4. The number of ether oxygens (including phenoxy) is 1. The highest BCUT2D eigenvalue weighted by Crippen LogP contribution is 2.45. The zero-order chi connectivity index (χ0) is 19.2. The van der Waals surface area contributed by atoms with E-state index in [1.54, 1.807) is 12.1 Å². The number of allylic oxidation sites excluding steroid dienone is 1. The van der Waals surface area contributed by atoms with Gasteiger partial charge in [0.05, 0.1) is 6.61 Å². The van der Waals surface area contributed by atoms with E-state index in [-0.39, 0.29) is 11.7 Å². The molecule has 0 spiro atoms. The van der Waals surface area contributed by atoms with Crippen molar-refractivity contribution >= 4 is 0 Å². The number of rotatable bonds is 7. The molecule has 0 saturated heterocycles. The minimum absolute atomic E-state index is 0.0445. The summed E-state index contributed by atoms with van der Waals surface area (Å²) in [6.45, 7) is 6.23. The molecule has 0 aromatic heterocycles. The van der Waals surface area contributed by atoms with E-state index in [9.17, 15) is 8.78 Å². The van der Waals surface area contributed by atoms with Crippen molar-refractivity contribution in [2.75, 3.05) is 6.61 Å². The van der Waals surface area contributed by atoms with Crippen molar-refractivity contribution in [1.82, 2.24) is 0 Å². The van der Waals surface area contributed by atoms with Gasteiger partial charge < -0.3 is 4.74 Å². The average molecular weight is 377 g/mol. The molecule has 3 rings (SSSR count). The highest BCUT2D eigenvalue weighted by Gasteiger charge is 2.32. The van der Waals surface area contributed by atoms with E-state index in [2.05, 4.69) is 12.7 Å². The molecule has 1 aromatic carbocycles. The van der Waals surface area contributed by atoms with Gasteiger partial charge in [0, 0.05) is 0 Å². The zero-order valence-corrected chi connectivity index (χ0v) is 16.7. The molecule has 0 N–H and O–H groups in total. The molecule has 1 aromatic rings. The minimum atomic E-state index is -0.816. The predicted molar refractivity (Wildman–Crippen MR) is 107 cm³/mol. The average Bonchev–Trinajstić information content (AvgIpc) is 2.70. The molecule has 2 aliphatic rings. The Balaban J connectivity index is 1.55. The van der Waals surface area contributed by atoms with Gasteiger partial charge in [-0.3, -0.25) is 0 Å². The standard InChI is InChI=1S/C24H34F2O/c1-3-5-17-6-8-18(9-7-17)19-10-12-20(13-11-19)21-14-15-22(27-16-4-2)24(26)23(21)25/h3,14-15,17-20H,1,4-13,16H2,2H3. The van der Waals surface area contributed by atoms with Crippen LogP contribution < -0.4 is 4.74 Å². The summed E-state index contributed by atoms with van der Waals surface area (Å²) in [6.07, 6.45) is 13.6. The van der Waals surface area contributed by atoms with Crippen LogP contribution in [0.2, 0.25) is 0 Å². The molecule has 1 nitrogen and oxygen atoms in total. The van der Waals surface area contributed by atoms with E-state index in [0.29, 0.717) is 12.2 Å². The summed E-state index contributed by atoms with van der Waals surface area (Å²) >= 11 is 0. The van der Waals surface area contributed by atoms with Crippen LogP contribution >= 0.6 is 0 Å². The molecule has 0 radical (unpaired) electrons. The van der Waals surface area contributed by atoms with Crippen LogP contribution in [0.15, 0.2) is 24.8 Å². The van der Waals surface area contributed by atoms with Crippen LogP contribution in [0.25, 0.3) is 0 Å². The first-order valence-electron chi connectivity index (χ1n) is 10.9. The van der Waals surface area contributed by atoms with Gasteiger partial charge in [0.2, 0.25) is 5.82 Å². The molecule has 0 amide bonds. The lowest BCUT2D eigenvalue weighted by Gasteiger charge is -2.38. The highest BCUT2D eigenvalue weighted by atomic mass is 19.2. The third-order valence-corrected chi connectivity index (χ3v) is 6.81. The number of hydrogen-bond acceptors (Lipinski definition) is 1. The van der Waals surface area contributed by atoms with Crippen LogP contribution in [0.4, 0.5) is 8.78 Å². The van der Waals surface area contributed by atoms with Gasteiger partial charge in [-0.25, -0.2) is 4.39 Å². The predicted octanol–water partition coefficient (Wildman–Crippen LogP) is 7.41. The van der Waals surface area contributed by atoms with Crippen molar-refractivity contribution in [3.63, 3.8) is 0 Å². The summed E-state index contributed by atoms with van der Waals surface area (Å²) in [5.74, 6) is 1.11. The summed E-state index contributed by atoms with van der Waals surface area (Å²) < 4.78 is 34.2. The summed E-state index contributed by atoms with van der Waals surface area (Å²) in [4.78, 5) is 0. The smallest absolute Gasteiger partial charge is 0.200 e. The number of benzene rings is 1. The first-order chi connectivity index (χ1) is 13.1. The van der Waals surface area contributed by atoms with Gasteiger partial charge in [-0.2, -0.15) is 4.39 Å². The highest BCUT2D eigenvalue weighted by molar-refractivity contribution is 5.33. The lowest BCUT2D eigenvalue weighted by molar-refractivity contribution is 0.160. The lowest BCUT2D eigenvalue weighted by Crippen LogP contribution is -2.25. The Labute approximate surface area is 163 Å². The summed E-state index contributed by atoms with van der Waals surface area (Å²) in [5, 5.41) is 0. The molecule has 0 bridgehead atoms. The van der Waals surface area contributed by atoms with Crippen LogP contribution in [-0.2, 0) is 0 Å². The monoisotopic (exact) mass is 376 g/mol. The molecular formula is C24H34F2O. The molecule has 3 heteroatoms. The molecule has 150 valence electrons. The van der Waals surface area contributed by atoms with Gasteiger partial charge in [0.25, 0.3) is 0 Å². The topological polar surface area (TPSA) is 9.23 Å². The van der Waals surface area contributed by atoms with Gasteiger partial charge >= 0.3 is 0 Å². The van der Waals surface area contributed by atoms with E-state index in [1.807, 2.05) is 6.92 Å². The first-order valence-corrected chi connectivity index (χ1v) is 10.9. The molecule has 2 saturated carbocycles. The number of halogens is 2. The van der Waals surface area contributed by atoms with Gasteiger partial charge in [0.1, 0.15) is 0 Å². The zero-order valence-electron chi connectivity index (χ0n) is 16.7. The van der Waals surface area contributed by atoms with Gasteiger partial charge in [-0.1, -0.05) is 19.1 Å². The maximum Gasteiger partial charge on any atom is 0.200 e. The lowest BCUT2D eigenvalue weighted by atomic mass is 9.68. The molecule has 0 aliphatic heterocycles. The van der Waals surface area contributed by atoms with Crippen molar-refractivity contribution in [1.29, 1.82) is 0 Å². The maximum absolute atomic E-state index is 14.6. The Morgan fingerprint density at radius 1 is 0.963 bits per heavy atom. The van der Waals surface area contributed by atoms with Crippen LogP contribution in [0, 0.1) is 29.4 Å². The molecule has 27 heavy (non-hydrogen) atoms. The third-order valence-electron chi connectivity index (χ3n) is 6.81. The fourth-order valence-electron chi connectivity index (χ4n) is 5.22. The van der Waals surface area contributed by atoms with Crippen molar-refractivity contribution in [3.05, 3.63) is 42.0 Å². The van der Waals surface area contributed by atoms with E-state index in [0.717, 1.165) is 56.3 Å². The van der Waals surface area contributed by atoms with Crippen LogP contribution in [0.3, 0.4) is 0 Å². The van der Waals surface area contributed by atoms with E-state index in [1.165, 1.54) is 25.7 Å². The second-order valence-electron chi connectivity index (χ2n) is 8.55. The van der Waals surface area contributed by atoms with Gasteiger partial charge in [-0.05, 0) is 99.5 Å². The molecule has 2 aliphatic carbocycles.